The van der Waals surface area contributed by atoms with E-state index in [1.165, 1.54) is 0 Å². The predicted molar refractivity (Wildman–Crippen MR) is 46.6 cm³/mol. The first kappa shape index (κ1) is 8.29. The molecule has 70 valence electrons. The Labute approximate surface area is 76.6 Å². The summed E-state index contributed by atoms with van der Waals surface area (Å²) in [5.41, 5.74) is 0. The van der Waals surface area contributed by atoms with E-state index in [0.717, 1.165) is 13.0 Å². The van der Waals surface area contributed by atoms with Crippen LogP contribution in [0.5, 0.6) is 0 Å². The van der Waals surface area contributed by atoms with Gasteiger partial charge >= 0.3 is 0 Å². The van der Waals surface area contributed by atoms with Gasteiger partial charge in [-0.25, -0.2) is 0 Å². The predicted octanol–water partition coefficient (Wildman–Crippen LogP) is -0.132. The van der Waals surface area contributed by atoms with E-state index in [0.29, 0.717) is 13.0 Å². The molecule has 0 aliphatic carbocycles. The molecule has 0 aromatic carbocycles. The average Bonchev–Trinajstić information content (AvgIpc) is 2.65. The van der Waals surface area contributed by atoms with Gasteiger partial charge in [0.2, 0.25) is 11.8 Å². The molecule has 4 heteroatoms. The van der Waals surface area contributed by atoms with Crippen LogP contribution in [0.15, 0.2) is 12.3 Å². The summed E-state index contributed by atoms with van der Waals surface area (Å²) in [5.74, 6) is 0.0369. The van der Waals surface area contributed by atoms with E-state index in [9.17, 15) is 9.59 Å². The fourth-order valence-electron chi connectivity index (χ4n) is 1.72. The number of rotatable bonds is 2. The van der Waals surface area contributed by atoms with Gasteiger partial charge in [-0.1, -0.05) is 6.08 Å². The van der Waals surface area contributed by atoms with Crippen LogP contribution in [0, 0.1) is 5.92 Å². The minimum Gasteiger partial charge on any atom is -0.342 e. The van der Waals surface area contributed by atoms with Crippen molar-refractivity contribution in [1.29, 1.82) is 0 Å². The molecule has 4 nitrogen and oxygen atoms in total. The summed E-state index contributed by atoms with van der Waals surface area (Å²) in [7, 11) is 0. The van der Waals surface area contributed by atoms with Gasteiger partial charge in [0.25, 0.3) is 0 Å². The maximum absolute atomic E-state index is 11.2. The quantitative estimate of drug-likeness (QED) is 0.643. The normalized spacial score (nSPS) is 27.1. The summed E-state index contributed by atoms with van der Waals surface area (Å²) in [4.78, 5) is 24.2. The molecule has 0 spiro atoms. The van der Waals surface area contributed by atoms with Crippen LogP contribution in [-0.2, 0) is 9.59 Å². The van der Waals surface area contributed by atoms with Gasteiger partial charge in [-0.05, 0) is 6.42 Å². The Hall–Kier alpha value is -1.32. The zero-order valence-electron chi connectivity index (χ0n) is 7.32. The topological polar surface area (TPSA) is 49.4 Å². The summed E-state index contributed by atoms with van der Waals surface area (Å²) < 4.78 is 0. The van der Waals surface area contributed by atoms with E-state index in [2.05, 4.69) is 5.32 Å². The minimum absolute atomic E-state index is 0.000278. The standard InChI is InChI=1S/C9H12N2O2/c12-8-2-1-5-11(8)6-7-3-4-10-9(7)13/h3-4,7H,1-2,5-6H2,(H,10,13)/t7-/m0/s1. The molecule has 2 aliphatic heterocycles. The van der Waals surface area contributed by atoms with Gasteiger partial charge in [0.05, 0.1) is 5.92 Å². The van der Waals surface area contributed by atoms with Gasteiger partial charge in [-0.2, -0.15) is 0 Å². The van der Waals surface area contributed by atoms with Crippen molar-refractivity contribution in [3.8, 4) is 0 Å². The van der Waals surface area contributed by atoms with E-state index in [1.807, 2.05) is 6.08 Å². The first-order valence-corrected chi connectivity index (χ1v) is 4.52. The van der Waals surface area contributed by atoms with Crippen LogP contribution in [0.2, 0.25) is 0 Å². The number of carbonyl (C=O) groups excluding carboxylic acids is 2. The lowest BCUT2D eigenvalue weighted by molar-refractivity contribution is -0.129. The van der Waals surface area contributed by atoms with E-state index in [4.69, 9.17) is 0 Å². The third kappa shape index (κ3) is 1.56. The molecule has 1 N–H and O–H groups in total. The molecular weight excluding hydrogens is 168 g/mol. The Morgan fingerprint density at radius 3 is 2.92 bits per heavy atom. The van der Waals surface area contributed by atoms with Crippen LogP contribution < -0.4 is 5.32 Å². The van der Waals surface area contributed by atoms with Crippen molar-refractivity contribution in [2.75, 3.05) is 13.1 Å². The molecule has 0 bridgehead atoms. The highest BCUT2D eigenvalue weighted by molar-refractivity contribution is 5.85. The zero-order chi connectivity index (χ0) is 9.26. The first-order chi connectivity index (χ1) is 6.27. The Balaban J connectivity index is 1.93. The summed E-state index contributed by atoms with van der Waals surface area (Å²) >= 11 is 0. The van der Waals surface area contributed by atoms with Crippen molar-refractivity contribution < 1.29 is 9.59 Å². The minimum atomic E-state index is -0.137. The van der Waals surface area contributed by atoms with Gasteiger partial charge in [-0.3, -0.25) is 9.59 Å². The Morgan fingerprint density at radius 1 is 1.54 bits per heavy atom. The SMILES string of the molecule is O=C1NC=C[C@H]1CN1CCCC1=O. The monoisotopic (exact) mass is 180 g/mol. The zero-order valence-corrected chi connectivity index (χ0v) is 7.32. The van der Waals surface area contributed by atoms with Crippen LogP contribution in [0.4, 0.5) is 0 Å². The molecule has 0 saturated carbocycles. The van der Waals surface area contributed by atoms with Crippen molar-refractivity contribution >= 4 is 11.8 Å². The van der Waals surface area contributed by atoms with Crippen molar-refractivity contribution in [1.82, 2.24) is 10.2 Å². The number of likely N-dealkylation sites (tertiary alicyclic amines) is 1. The smallest absolute Gasteiger partial charge is 0.232 e. The van der Waals surface area contributed by atoms with Crippen molar-refractivity contribution in [3.05, 3.63) is 12.3 Å². The van der Waals surface area contributed by atoms with E-state index < -0.39 is 0 Å². The lowest BCUT2D eigenvalue weighted by Crippen LogP contribution is -2.34. The maximum atomic E-state index is 11.2. The second kappa shape index (κ2) is 3.20. The van der Waals surface area contributed by atoms with E-state index in [1.54, 1.807) is 11.1 Å². The molecule has 1 fully saturated rings. The highest BCUT2D eigenvalue weighted by atomic mass is 16.2. The Kier molecular flexibility index (Phi) is 2.04. The van der Waals surface area contributed by atoms with Gasteiger partial charge in [0.15, 0.2) is 0 Å². The molecular formula is C9H12N2O2. The molecule has 2 rings (SSSR count). The van der Waals surface area contributed by atoms with Gasteiger partial charge in [0, 0.05) is 25.7 Å². The lowest BCUT2D eigenvalue weighted by Gasteiger charge is -2.17. The molecule has 13 heavy (non-hydrogen) atoms. The van der Waals surface area contributed by atoms with Crippen molar-refractivity contribution in [2.45, 2.75) is 12.8 Å². The van der Waals surface area contributed by atoms with Crippen molar-refractivity contribution in [3.63, 3.8) is 0 Å². The second-order valence-electron chi connectivity index (χ2n) is 3.42. The highest BCUT2D eigenvalue weighted by Gasteiger charge is 2.27. The highest BCUT2D eigenvalue weighted by Crippen LogP contribution is 2.14. The molecule has 1 atom stereocenters. The number of nitrogens with zero attached hydrogens (tertiary/aromatic N) is 1. The van der Waals surface area contributed by atoms with Crippen LogP contribution in [0.1, 0.15) is 12.8 Å². The van der Waals surface area contributed by atoms with Crippen LogP contribution in [0.25, 0.3) is 0 Å². The number of hydrogen-bond acceptors (Lipinski definition) is 2. The molecule has 2 amide bonds. The summed E-state index contributed by atoms with van der Waals surface area (Å²) in [6.07, 6.45) is 5.02. The summed E-state index contributed by atoms with van der Waals surface area (Å²) in [5, 5.41) is 2.60. The largest absolute Gasteiger partial charge is 0.342 e. The van der Waals surface area contributed by atoms with Crippen LogP contribution in [-0.4, -0.2) is 29.8 Å². The Bertz CT molecular complexity index is 273. The summed E-state index contributed by atoms with van der Waals surface area (Å²) in [6.45, 7) is 1.34. The number of nitrogens with one attached hydrogen (secondary N) is 1. The molecule has 0 aromatic heterocycles. The summed E-state index contributed by atoms with van der Waals surface area (Å²) in [6, 6.07) is 0. The third-order valence-corrected chi connectivity index (χ3v) is 2.48. The lowest BCUT2D eigenvalue weighted by atomic mass is 10.1. The fourth-order valence-corrected chi connectivity index (χ4v) is 1.72. The maximum Gasteiger partial charge on any atom is 0.232 e. The average molecular weight is 180 g/mol. The fraction of sp³-hybridized carbons (Fsp3) is 0.556. The van der Waals surface area contributed by atoms with Crippen LogP contribution >= 0.6 is 0 Å². The number of amides is 2. The van der Waals surface area contributed by atoms with Gasteiger partial charge < -0.3 is 10.2 Å². The van der Waals surface area contributed by atoms with Gasteiger partial charge in [0.1, 0.15) is 0 Å². The van der Waals surface area contributed by atoms with Crippen LogP contribution in [0.3, 0.4) is 0 Å². The first-order valence-electron chi connectivity index (χ1n) is 4.52. The van der Waals surface area contributed by atoms with Crippen molar-refractivity contribution in [2.24, 2.45) is 5.92 Å². The van der Waals surface area contributed by atoms with Gasteiger partial charge in [-0.15, -0.1) is 0 Å². The van der Waals surface area contributed by atoms with E-state index in [-0.39, 0.29) is 17.7 Å². The molecule has 0 unspecified atom stereocenters. The molecule has 0 aromatic rings. The number of hydrogen-bond donors (Lipinski definition) is 1. The molecule has 2 heterocycles. The second-order valence-corrected chi connectivity index (χ2v) is 3.42. The Morgan fingerprint density at radius 2 is 2.38 bits per heavy atom. The number of carbonyl (C=O) groups is 2. The molecule has 2 aliphatic rings. The van der Waals surface area contributed by atoms with E-state index >= 15 is 0 Å². The molecule has 1 saturated heterocycles. The third-order valence-electron chi connectivity index (χ3n) is 2.48. The molecule has 0 radical (unpaired) electrons.